The van der Waals surface area contributed by atoms with E-state index in [4.69, 9.17) is 14.2 Å². The number of hydrogen-bond donors (Lipinski definition) is 1. The first-order valence-corrected chi connectivity index (χ1v) is 10.3. The Labute approximate surface area is 173 Å². The largest absolute Gasteiger partial charge is 0.382 e. The summed E-state index contributed by atoms with van der Waals surface area (Å²) in [5.41, 5.74) is 7.69. The van der Waals surface area contributed by atoms with E-state index < -0.39 is 0 Å². The molecule has 0 amide bonds. The summed E-state index contributed by atoms with van der Waals surface area (Å²) in [6.45, 7) is 4.38. The van der Waals surface area contributed by atoms with Crippen LogP contribution in [0.1, 0.15) is 24.6 Å². The molecule has 0 fully saturated rings. The summed E-state index contributed by atoms with van der Waals surface area (Å²) in [7, 11) is 1.67. The molecule has 1 N–H and O–H groups in total. The minimum Gasteiger partial charge on any atom is -0.382 e. The molecule has 4 heteroatoms. The summed E-state index contributed by atoms with van der Waals surface area (Å²) in [6.07, 6.45) is 2.89. The highest BCUT2D eigenvalue weighted by Crippen LogP contribution is 2.37. The molecule has 0 atom stereocenters. The molecule has 4 nitrogen and oxygen atoms in total. The second kappa shape index (κ2) is 11.6. The zero-order valence-electron chi connectivity index (χ0n) is 17.4. The van der Waals surface area contributed by atoms with E-state index in [1.54, 1.807) is 7.11 Å². The Bertz CT molecular complexity index is 843. The molecule has 0 radical (unpaired) electrons. The number of aryl methyl sites for hydroxylation is 1. The Morgan fingerprint density at radius 1 is 0.793 bits per heavy atom. The van der Waals surface area contributed by atoms with Gasteiger partial charge in [-0.25, -0.2) is 0 Å². The average Bonchev–Trinajstić information content (AvgIpc) is 3.15. The minimum atomic E-state index is 0.319. The first kappa shape index (κ1) is 21.3. The maximum atomic E-state index is 5.59. The van der Waals surface area contributed by atoms with Crippen LogP contribution in [-0.4, -0.2) is 38.7 Å². The Hall–Kier alpha value is -2.40. The molecule has 0 saturated heterocycles. The van der Waals surface area contributed by atoms with Gasteiger partial charge in [0.05, 0.1) is 18.9 Å². The van der Waals surface area contributed by atoms with E-state index in [-0.39, 0.29) is 0 Å². The van der Waals surface area contributed by atoms with Crippen molar-refractivity contribution in [3.05, 3.63) is 71.9 Å². The van der Waals surface area contributed by atoms with Crippen molar-refractivity contribution in [2.45, 2.75) is 26.2 Å². The van der Waals surface area contributed by atoms with Crippen molar-refractivity contribution in [1.82, 2.24) is 4.98 Å². The predicted octanol–water partition coefficient (Wildman–Crippen LogP) is 5.48. The third-order valence-corrected chi connectivity index (χ3v) is 4.98. The third-order valence-electron chi connectivity index (χ3n) is 4.98. The van der Waals surface area contributed by atoms with Gasteiger partial charge in [0.15, 0.2) is 0 Å². The van der Waals surface area contributed by atoms with Gasteiger partial charge in [0, 0.05) is 25.0 Å². The van der Waals surface area contributed by atoms with Crippen molar-refractivity contribution < 1.29 is 14.2 Å². The van der Waals surface area contributed by atoms with Crippen LogP contribution in [-0.2, 0) is 27.1 Å². The Balaban J connectivity index is 1.75. The molecule has 2 aromatic carbocycles. The number of hydrogen-bond acceptors (Lipinski definition) is 3. The van der Waals surface area contributed by atoms with Gasteiger partial charge in [0.2, 0.25) is 0 Å². The summed E-state index contributed by atoms with van der Waals surface area (Å²) in [4.78, 5) is 3.73. The number of H-pyrrole nitrogens is 1. The van der Waals surface area contributed by atoms with Gasteiger partial charge in [-0.05, 0) is 36.0 Å². The lowest BCUT2D eigenvalue weighted by atomic mass is 9.95. The highest BCUT2D eigenvalue weighted by atomic mass is 16.7. The van der Waals surface area contributed by atoms with Gasteiger partial charge in [-0.3, -0.25) is 0 Å². The second-order valence-electron chi connectivity index (χ2n) is 6.95. The number of aromatic amines is 1. The zero-order valence-corrected chi connectivity index (χ0v) is 17.4. The normalized spacial score (nSPS) is 11.1. The molecule has 0 unspecified atom stereocenters. The number of ether oxygens (including phenoxy) is 3. The molecular weight excluding hydrogens is 362 g/mol. The van der Waals surface area contributed by atoms with Crippen molar-refractivity contribution in [3.8, 4) is 22.4 Å². The lowest BCUT2D eigenvalue weighted by Crippen LogP contribution is -2.07. The standard InChI is InChI=1S/C25H31NO3/c1-3-22-23(15-10-16-28-19-29-18-17-27-2)26-25(21-13-8-5-9-14-21)24(22)20-11-6-4-7-12-20/h4-9,11-14,26H,3,10,15-19H2,1-2H3. The molecule has 1 aromatic heterocycles. The van der Waals surface area contributed by atoms with Crippen molar-refractivity contribution in [2.24, 2.45) is 0 Å². The van der Waals surface area contributed by atoms with E-state index in [1.807, 2.05) is 0 Å². The van der Waals surface area contributed by atoms with E-state index in [0.29, 0.717) is 26.6 Å². The van der Waals surface area contributed by atoms with Crippen LogP contribution in [0.4, 0.5) is 0 Å². The second-order valence-corrected chi connectivity index (χ2v) is 6.95. The topological polar surface area (TPSA) is 43.5 Å². The van der Waals surface area contributed by atoms with Gasteiger partial charge in [-0.1, -0.05) is 67.6 Å². The van der Waals surface area contributed by atoms with Crippen LogP contribution >= 0.6 is 0 Å². The van der Waals surface area contributed by atoms with Crippen LogP contribution < -0.4 is 0 Å². The molecule has 3 aromatic rings. The third kappa shape index (κ3) is 5.80. The lowest BCUT2D eigenvalue weighted by Gasteiger charge is -2.08. The maximum Gasteiger partial charge on any atom is 0.146 e. The fraction of sp³-hybridized carbons (Fsp3) is 0.360. The Morgan fingerprint density at radius 2 is 1.45 bits per heavy atom. The molecule has 0 saturated carbocycles. The molecule has 154 valence electrons. The molecule has 0 aliphatic carbocycles. The molecule has 0 aliphatic rings. The first-order chi connectivity index (χ1) is 14.3. The van der Waals surface area contributed by atoms with E-state index in [0.717, 1.165) is 19.3 Å². The van der Waals surface area contributed by atoms with Crippen LogP contribution in [0.15, 0.2) is 60.7 Å². The fourth-order valence-electron chi connectivity index (χ4n) is 3.61. The SMILES string of the molecule is CCc1c(CCCOCOCCOC)[nH]c(-c2ccccc2)c1-c1ccccc1. The summed E-state index contributed by atoms with van der Waals surface area (Å²) in [6, 6.07) is 21.2. The maximum absolute atomic E-state index is 5.59. The van der Waals surface area contributed by atoms with Crippen molar-refractivity contribution in [1.29, 1.82) is 0 Å². The van der Waals surface area contributed by atoms with E-state index >= 15 is 0 Å². The number of methoxy groups -OCH3 is 1. The Morgan fingerprint density at radius 3 is 2.10 bits per heavy atom. The number of nitrogens with one attached hydrogen (secondary N) is 1. The molecule has 29 heavy (non-hydrogen) atoms. The Kier molecular flexibility index (Phi) is 8.50. The molecule has 0 aliphatic heterocycles. The summed E-state index contributed by atoms with van der Waals surface area (Å²) < 4.78 is 15.9. The molecular formula is C25H31NO3. The summed E-state index contributed by atoms with van der Waals surface area (Å²) in [5, 5.41) is 0. The van der Waals surface area contributed by atoms with Crippen LogP contribution in [0.2, 0.25) is 0 Å². The minimum absolute atomic E-state index is 0.319. The quantitative estimate of drug-likeness (QED) is 0.327. The molecule has 3 rings (SSSR count). The van der Waals surface area contributed by atoms with E-state index in [9.17, 15) is 0 Å². The highest BCUT2D eigenvalue weighted by Gasteiger charge is 2.18. The molecule has 0 bridgehead atoms. The van der Waals surface area contributed by atoms with Crippen LogP contribution in [0, 0.1) is 0 Å². The van der Waals surface area contributed by atoms with Crippen molar-refractivity contribution in [3.63, 3.8) is 0 Å². The van der Waals surface area contributed by atoms with Gasteiger partial charge < -0.3 is 19.2 Å². The highest BCUT2D eigenvalue weighted by molar-refractivity contribution is 5.85. The van der Waals surface area contributed by atoms with Gasteiger partial charge in [0.1, 0.15) is 6.79 Å². The average molecular weight is 394 g/mol. The lowest BCUT2D eigenvalue weighted by molar-refractivity contribution is -0.0660. The van der Waals surface area contributed by atoms with Crippen LogP contribution in [0.3, 0.4) is 0 Å². The van der Waals surface area contributed by atoms with Gasteiger partial charge in [-0.2, -0.15) is 0 Å². The first-order valence-electron chi connectivity index (χ1n) is 10.3. The molecule has 0 spiro atoms. The number of aromatic nitrogens is 1. The monoisotopic (exact) mass is 393 g/mol. The predicted molar refractivity (Wildman–Crippen MR) is 118 cm³/mol. The zero-order chi connectivity index (χ0) is 20.3. The number of rotatable bonds is 12. The van der Waals surface area contributed by atoms with Crippen molar-refractivity contribution >= 4 is 0 Å². The summed E-state index contributed by atoms with van der Waals surface area (Å²) >= 11 is 0. The van der Waals surface area contributed by atoms with Gasteiger partial charge >= 0.3 is 0 Å². The van der Waals surface area contributed by atoms with Crippen molar-refractivity contribution in [2.75, 3.05) is 33.7 Å². The van der Waals surface area contributed by atoms with Crippen LogP contribution in [0.25, 0.3) is 22.4 Å². The van der Waals surface area contributed by atoms with Gasteiger partial charge in [-0.15, -0.1) is 0 Å². The van der Waals surface area contributed by atoms with Gasteiger partial charge in [0.25, 0.3) is 0 Å². The smallest absolute Gasteiger partial charge is 0.146 e. The van der Waals surface area contributed by atoms with E-state index in [1.165, 1.54) is 33.6 Å². The molecule has 1 heterocycles. The fourth-order valence-corrected chi connectivity index (χ4v) is 3.61. The van der Waals surface area contributed by atoms with E-state index in [2.05, 4.69) is 72.6 Å². The number of benzene rings is 2. The summed E-state index contributed by atoms with van der Waals surface area (Å²) in [5.74, 6) is 0. The van der Waals surface area contributed by atoms with Crippen LogP contribution in [0.5, 0.6) is 0 Å².